The molecule has 2 rings (SSSR count). The average molecular weight is 278 g/mol. The monoisotopic (exact) mass is 278 g/mol. The highest BCUT2D eigenvalue weighted by Gasteiger charge is 2.23. The second-order valence-corrected chi connectivity index (χ2v) is 4.68. The molecule has 7 heteroatoms. The molecule has 0 aliphatic carbocycles. The molecule has 1 aromatic rings. The van der Waals surface area contributed by atoms with Crippen LogP contribution < -0.4 is 5.32 Å². The van der Waals surface area contributed by atoms with Gasteiger partial charge in [-0.25, -0.2) is 4.79 Å². The molecule has 0 spiro atoms. The molecule has 1 fully saturated rings. The van der Waals surface area contributed by atoms with Crippen molar-refractivity contribution < 1.29 is 14.7 Å². The number of carbonyl (C=O) groups excluding carboxylic acids is 1. The first kappa shape index (κ1) is 14.3. The van der Waals surface area contributed by atoms with E-state index in [1.807, 2.05) is 12.1 Å². The number of amides is 2. The van der Waals surface area contributed by atoms with Gasteiger partial charge in [0.15, 0.2) is 0 Å². The van der Waals surface area contributed by atoms with Crippen LogP contribution in [0.1, 0.15) is 5.56 Å². The van der Waals surface area contributed by atoms with Crippen LogP contribution in [0.25, 0.3) is 0 Å². The fourth-order valence-electron chi connectivity index (χ4n) is 2.18. The van der Waals surface area contributed by atoms with Crippen LogP contribution in [0, 0.1) is 0 Å². The van der Waals surface area contributed by atoms with Crippen molar-refractivity contribution in [2.24, 2.45) is 0 Å². The third-order valence-corrected chi connectivity index (χ3v) is 3.18. The molecular formula is C13H18N4O3. The maximum atomic E-state index is 12.0. The van der Waals surface area contributed by atoms with Gasteiger partial charge in [-0.2, -0.15) is 0 Å². The highest BCUT2D eigenvalue weighted by molar-refractivity contribution is 5.79. The number of carboxylic acid groups (broad SMARTS) is 1. The quantitative estimate of drug-likeness (QED) is 0.791. The summed E-state index contributed by atoms with van der Waals surface area (Å²) < 4.78 is 0. The van der Waals surface area contributed by atoms with Gasteiger partial charge in [0.05, 0.1) is 6.54 Å². The molecular weight excluding hydrogens is 260 g/mol. The summed E-state index contributed by atoms with van der Waals surface area (Å²) in [6, 6.07) is 3.87. The Hall–Kier alpha value is -2.15. The number of aromatic nitrogens is 1. The van der Waals surface area contributed by atoms with Gasteiger partial charge in [0.2, 0.25) is 5.91 Å². The van der Waals surface area contributed by atoms with Gasteiger partial charge in [-0.1, -0.05) is 6.07 Å². The number of pyridine rings is 1. The van der Waals surface area contributed by atoms with Crippen molar-refractivity contribution in [3.05, 3.63) is 30.1 Å². The molecule has 2 amide bonds. The van der Waals surface area contributed by atoms with Gasteiger partial charge < -0.3 is 15.3 Å². The zero-order valence-electron chi connectivity index (χ0n) is 11.2. The van der Waals surface area contributed by atoms with Crippen LogP contribution in [0.5, 0.6) is 0 Å². The molecule has 0 unspecified atom stereocenters. The number of carbonyl (C=O) groups is 2. The van der Waals surface area contributed by atoms with Gasteiger partial charge in [-0.3, -0.25) is 14.7 Å². The molecule has 1 aliphatic rings. The van der Waals surface area contributed by atoms with Gasteiger partial charge in [0, 0.05) is 45.1 Å². The molecule has 0 atom stereocenters. The summed E-state index contributed by atoms with van der Waals surface area (Å²) in [5.74, 6) is 0.0346. The number of nitrogens with zero attached hydrogens (tertiary/aromatic N) is 3. The first-order valence-corrected chi connectivity index (χ1v) is 6.51. The third-order valence-electron chi connectivity index (χ3n) is 3.18. The number of hydrogen-bond donors (Lipinski definition) is 2. The molecule has 7 nitrogen and oxygen atoms in total. The van der Waals surface area contributed by atoms with E-state index in [4.69, 9.17) is 5.11 Å². The molecule has 1 aromatic heterocycles. The first-order valence-electron chi connectivity index (χ1n) is 6.51. The van der Waals surface area contributed by atoms with Gasteiger partial charge >= 0.3 is 6.09 Å². The highest BCUT2D eigenvalue weighted by atomic mass is 16.4. The smallest absolute Gasteiger partial charge is 0.404 e. The van der Waals surface area contributed by atoms with Crippen molar-refractivity contribution in [2.45, 2.75) is 6.54 Å². The van der Waals surface area contributed by atoms with E-state index >= 15 is 0 Å². The topological polar surface area (TPSA) is 85.8 Å². The van der Waals surface area contributed by atoms with E-state index in [1.165, 1.54) is 0 Å². The van der Waals surface area contributed by atoms with E-state index in [1.54, 1.807) is 17.3 Å². The number of rotatable bonds is 5. The number of piperazine rings is 1. The van der Waals surface area contributed by atoms with E-state index in [0.29, 0.717) is 26.2 Å². The SMILES string of the molecule is O=C(O)NCCN1CCN(Cc2cccnc2)CC1=O. The van der Waals surface area contributed by atoms with Crippen LogP contribution in [-0.2, 0) is 11.3 Å². The molecule has 2 heterocycles. The van der Waals surface area contributed by atoms with Crippen LogP contribution >= 0.6 is 0 Å². The normalized spacial score (nSPS) is 16.2. The summed E-state index contributed by atoms with van der Waals surface area (Å²) in [5.41, 5.74) is 1.08. The van der Waals surface area contributed by atoms with Crippen molar-refractivity contribution in [1.29, 1.82) is 0 Å². The molecule has 2 N–H and O–H groups in total. The van der Waals surface area contributed by atoms with E-state index in [2.05, 4.69) is 15.2 Å². The molecule has 20 heavy (non-hydrogen) atoms. The zero-order chi connectivity index (χ0) is 14.4. The predicted octanol–water partition coefficient (Wildman–Crippen LogP) is -0.00660. The summed E-state index contributed by atoms with van der Waals surface area (Å²) in [6.45, 7) is 3.17. The van der Waals surface area contributed by atoms with Crippen LogP contribution in [0.4, 0.5) is 4.79 Å². The lowest BCUT2D eigenvalue weighted by molar-refractivity contribution is -0.136. The average Bonchev–Trinajstić information content (AvgIpc) is 2.42. The Morgan fingerprint density at radius 1 is 1.45 bits per heavy atom. The lowest BCUT2D eigenvalue weighted by Gasteiger charge is -2.34. The van der Waals surface area contributed by atoms with E-state index in [-0.39, 0.29) is 12.5 Å². The first-order chi connectivity index (χ1) is 9.65. The summed E-state index contributed by atoms with van der Waals surface area (Å²) >= 11 is 0. The predicted molar refractivity (Wildman–Crippen MR) is 72.1 cm³/mol. The molecule has 0 bridgehead atoms. The Bertz CT molecular complexity index is 466. The molecule has 108 valence electrons. The summed E-state index contributed by atoms with van der Waals surface area (Å²) in [4.78, 5) is 30.1. The minimum Gasteiger partial charge on any atom is -0.465 e. The lowest BCUT2D eigenvalue weighted by Crippen LogP contribution is -2.51. The van der Waals surface area contributed by atoms with Crippen LogP contribution in [0.2, 0.25) is 0 Å². The minimum absolute atomic E-state index is 0.0346. The number of nitrogens with one attached hydrogen (secondary N) is 1. The van der Waals surface area contributed by atoms with Crippen LogP contribution in [0.3, 0.4) is 0 Å². The van der Waals surface area contributed by atoms with Crippen LogP contribution in [-0.4, -0.2) is 64.6 Å². The van der Waals surface area contributed by atoms with Crippen molar-refractivity contribution in [3.63, 3.8) is 0 Å². The lowest BCUT2D eigenvalue weighted by atomic mass is 10.2. The summed E-state index contributed by atoms with van der Waals surface area (Å²) in [7, 11) is 0. The Labute approximate surface area is 117 Å². The van der Waals surface area contributed by atoms with Crippen molar-refractivity contribution in [2.75, 3.05) is 32.7 Å². The van der Waals surface area contributed by atoms with Crippen molar-refractivity contribution in [3.8, 4) is 0 Å². The summed E-state index contributed by atoms with van der Waals surface area (Å²) in [5, 5.41) is 10.8. The number of hydrogen-bond acceptors (Lipinski definition) is 4. The third kappa shape index (κ3) is 4.20. The maximum Gasteiger partial charge on any atom is 0.404 e. The zero-order valence-corrected chi connectivity index (χ0v) is 11.2. The molecule has 1 aliphatic heterocycles. The highest BCUT2D eigenvalue weighted by Crippen LogP contribution is 2.08. The molecule has 0 saturated carbocycles. The fraction of sp³-hybridized carbons (Fsp3) is 0.462. The Morgan fingerprint density at radius 3 is 2.95 bits per heavy atom. The summed E-state index contributed by atoms with van der Waals surface area (Å²) in [6.07, 6.45) is 2.46. The van der Waals surface area contributed by atoms with Gasteiger partial charge in [-0.15, -0.1) is 0 Å². The van der Waals surface area contributed by atoms with E-state index < -0.39 is 6.09 Å². The molecule has 0 aromatic carbocycles. The second kappa shape index (κ2) is 6.85. The molecule has 0 radical (unpaired) electrons. The van der Waals surface area contributed by atoms with E-state index in [0.717, 1.165) is 12.1 Å². The van der Waals surface area contributed by atoms with Crippen molar-refractivity contribution in [1.82, 2.24) is 20.1 Å². The molecule has 1 saturated heterocycles. The second-order valence-electron chi connectivity index (χ2n) is 4.68. The van der Waals surface area contributed by atoms with Gasteiger partial charge in [-0.05, 0) is 11.6 Å². The fourth-order valence-corrected chi connectivity index (χ4v) is 2.18. The standard InChI is InChI=1S/C13H18N4O3/c18-12-10-16(9-11-2-1-3-14-8-11)6-7-17(12)5-4-15-13(19)20/h1-3,8,15H,4-7,9-10H2,(H,19,20). The van der Waals surface area contributed by atoms with E-state index in [9.17, 15) is 9.59 Å². The maximum absolute atomic E-state index is 12.0. The van der Waals surface area contributed by atoms with Crippen molar-refractivity contribution >= 4 is 12.0 Å². The Kier molecular flexibility index (Phi) is 4.89. The largest absolute Gasteiger partial charge is 0.465 e. The minimum atomic E-state index is -1.06. The Balaban J connectivity index is 1.77. The van der Waals surface area contributed by atoms with Gasteiger partial charge in [0.25, 0.3) is 0 Å². The Morgan fingerprint density at radius 2 is 2.30 bits per heavy atom. The van der Waals surface area contributed by atoms with Crippen LogP contribution in [0.15, 0.2) is 24.5 Å². The van der Waals surface area contributed by atoms with Gasteiger partial charge in [0.1, 0.15) is 0 Å².